The van der Waals surface area contributed by atoms with E-state index in [4.69, 9.17) is 0 Å². The number of likely N-dealkylation sites (N-methyl/N-ethyl adjacent to an activating group) is 1. The number of H-pyrrole nitrogens is 1. The van der Waals surface area contributed by atoms with Crippen LogP contribution in [0.2, 0.25) is 0 Å². The highest BCUT2D eigenvalue weighted by Crippen LogP contribution is 2.21. The standard InChI is InChI=1S/C20H29N5O/c1-16(24-9-8-17-6-4-5-7-18(17)13-24)20(26)25(11-10-23(2)3)14-19-12-21-15-22-19/h4-7,12,15-16H,8-11,13-14H2,1-3H3,(H,21,22). The molecule has 1 aromatic heterocycles. The summed E-state index contributed by atoms with van der Waals surface area (Å²) >= 11 is 0. The smallest absolute Gasteiger partial charge is 0.240 e. The van der Waals surface area contributed by atoms with Gasteiger partial charge in [-0.25, -0.2) is 4.98 Å². The zero-order chi connectivity index (χ0) is 18.5. The number of aromatic amines is 1. The van der Waals surface area contributed by atoms with Crippen LogP contribution in [-0.2, 0) is 24.3 Å². The molecule has 0 spiro atoms. The van der Waals surface area contributed by atoms with E-state index in [0.29, 0.717) is 13.1 Å². The molecule has 0 aliphatic carbocycles. The van der Waals surface area contributed by atoms with Gasteiger partial charge in [0.25, 0.3) is 0 Å². The van der Waals surface area contributed by atoms with Gasteiger partial charge in [-0.3, -0.25) is 9.69 Å². The molecule has 0 bridgehead atoms. The van der Waals surface area contributed by atoms with E-state index >= 15 is 0 Å². The minimum atomic E-state index is -0.131. The lowest BCUT2D eigenvalue weighted by Gasteiger charge is -2.36. The van der Waals surface area contributed by atoms with Gasteiger partial charge < -0.3 is 14.8 Å². The lowest BCUT2D eigenvalue weighted by atomic mass is 9.98. The van der Waals surface area contributed by atoms with Crippen LogP contribution in [-0.4, -0.2) is 70.3 Å². The number of aromatic nitrogens is 2. The third-order valence-corrected chi connectivity index (χ3v) is 5.11. The van der Waals surface area contributed by atoms with E-state index in [-0.39, 0.29) is 11.9 Å². The van der Waals surface area contributed by atoms with Crippen LogP contribution < -0.4 is 0 Å². The molecular formula is C20H29N5O. The third kappa shape index (κ3) is 4.51. The summed E-state index contributed by atoms with van der Waals surface area (Å²) in [4.78, 5) is 26.8. The van der Waals surface area contributed by atoms with Crippen molar-refractivity contribution in [1.29, 1.82) is 0 Å². The van der Waals surface area contributed by atoms with Crippen LogP contribution >= 0.6 is 0 Å². The Hall–Kier alpha value is -2.18. The molecule has 0 fully saturated rings. The van der Waals surface area contributed by atoms with Crippen LogP contribution in [0.4, 0.5) is 0 Å². The Morgan fingerprint density at radius 1 is 1.27 bits per heavy atom. The molecule has 3 rings (SSSR count). The molecule has 1 unspecified atom stereocenters. The Morgan fingerprint density at radius 3 is 2.73 bits per heavy atom. The number of fused-ring (bicyclic) bond motifs is 1. The average molecular weight is 355 g/mol. The molecule has 1 aliphatic rings. The number of hydrogen-bond donors (Lipinski definition) is 1. The summed E-state index contributed by atoms with van der Waals surface area (Å²) in [5.41, 5.74) is 3.71. The van der Waals surface area contributed by atoms with Crippen LogP contribution in [0.5, 0.6) is 0 Å². The summed E-state index contributed by atoms with van der Waals surface area (Å²) < 4.78 is 0. The predicted octanol–water partition coefficient (Wildman–Crippen LogP) is 1.75. The minimum Gasteiger partial charge on any atom is -0.347 e. The highest BCUT2D eigenvalue weighted by molar-refractivity contribution is 5.81. The Morgan fingerprint density at radius 2 is 2.04 bits per heavy atom. The summed E-state index contributed by atoms with van der Waals surface area (Å²) in [7, 11) is 4.06. The Labute approximate surface area is 155 Å². The molecule has 2 aromatic rings. The van der Waals surface area contributed by atoms with E-state index < -0.39 is 0 Å². The molecule has 1 amide bonds. The van der Waals surface area contributed by atoms with Gasteiger partial charge in [-0.2, -0.15) is 0 Å². The number of imidazole rings is 1. The number of hydrogen-bond acceptors (Lipinski definition) is 4. The van der Waals surface area contributed by atoms with Crippen molar-refractivity contribution in [3.63, 3.8) is 0 Å². The zero-order valence-electron chi connectivity index (χ0n) is 16.0. The first-order valence-corrected chi connectivity index (χ1v) is 9.26. The number of amides is 1. The maximum atomic E-state index is 13.2. The van der Waals surface area contributed by atoms with Crippen LogP contribution in [0.25, 0.3) is 0 Å². The SMILES string of the molecule is CC(C(=O)N(CCN(C)C)Cc1cnc[nH]1)N1CCc2ccccc2C1. The number of nitrogens with one attached hydrogen (secondary N) is 1. The van der Waals surface area contributed by atoms with E-state index in [9.17, 15) is 4.79 Å². The molecule has 0 radical (unpaired) electrons. The molecular weight excluding hydrogens is 326 g/mol. The fourth-order valence-electron chi connectivity index (χ4n) is 3.43. The maximum absolute atomic E-state index is 13.2. The molecule has 1 aromatic carbocycles. The number of nitrogens with zero attached hydrogens (tertiary/aromatic N) is 4. The van der Waals surface area contributed by atoms with Gasteiger partial charge in [0, 0.05) is 32.4 Å². The number of carbonyl (C=O) groups is 1. The molecule has 1 atom stereocenters. The van der Waals surface area contributed by atoms with Gasteiger partial charge >= 0.3 is 0 Å². The molecule has 26 heavy (non-hydrogen) atoms. The van der Waals surface area contributed by atoms with Crippen LogP contribution in [0.15, 0.2) is 36.8 Å². The second kappa shape index (κ2) is 8.47. The number of rotatable bonds is 7. The van der Waals surface area contributed by atoms with Gasteiger partial charge in [0.1, 0.15) is 0 Å². The Bertz CT molecular complexity index is 713. The molecule has 0 saturated heterocycles. The lowest BCUT2D eigenvalue weighted by Crippen LogP contribution is -2.49. The van der Waals surface area contributed by atoms with Gasteiger partial charge in [0.15, 0.2) is 0 Å². The van der Waals surface area contributed by atoms with Crippen molar-refractivity contribution in [1.82, 2.24) is 24.7 Å². The number of benzene rings is 1. The van der Waals surface area contributed by atoms with Crippen molar-refractivity contribution in [2.24, 2.45) is 0 Å². The fraction of sp³-hybridized carbons (Fsp3) is 0.500. The van der Waals surface area contributed by atoms with Gasteiger partial charge in [-0.05, 0) is 38.6 Å². The monoisotopic (exact) mass is 355 g/mol. The lowest BCUT2D eigenvalue weighted by molar-refractivity contribution is -0.137. The number of carbonyl (C=O) groups excluding carboxylic acids is 1. The summed E-state index contributed by atoms with van der Waals surface area (Å²) in [5, 5.41) is 0. The summed E-state index contributed by atoms with van der Waals surface area (Å²) in [6.45, 7) is 5.92. The van der Waals surface area contributed by atoms with Crippen molar-refractivity contribution >= 4 is 5.91 Å². The van der Waals surface area contributed by atoms with Gasteiger partial charge in [-0.1, -0.05) is 24.3 Å². The molecule has 6 nitrogen and oxygen atoms in total. The highest BCUT2D eigenvalue weighted by Gasteiger charge is 2.28. The fourth-order valence-corrected chi connectivity index (χ4v) is 3.43. The van der Waals surface area contributed by atoms with E-state index in [2.05, 4.69) is 44.0 Å². The predicted molar refractivity (Wildman–Crippen MR) is 103 cm³/mol. The van der Waals surface area contributed by atoms with Crippen molar-refractivity contribution in [3.8, 4) is 0 Å². The van der Waals surface area contributed by atoms with E-state index in [1.54, 1.807) is 12.5 Å². The topological polar surface area (TPSA) is 55.5 Å². The zero-order valence-corrected chi connectivity index (χ0v) is 16.0. The van der Waals surface area contributed by atoms with Crippen LogP contribution in [0, 0.1) is 0 Å². The quantitative estimate of drug-likeness (QED) is 0.822. The van der Waals surface area contributed by atoms with E-state index in [1.807, 2.05) is 25.9 Å². The third-order valence-electron chi connectivity index (χ3n) is 5.11. The van der Waals surface area contributed by atoms with Gasteiger partial charge in [0.2, 0.25) is 5.91 Å². The van der Waals surface area contributed by atoms with Crippen molar-refractivity contribution in [3.05, 3.63) is 53.6 Å². The van der Waals surface area contributed by atoms with E-state index in [0.717, 1.165) is 31.7 Å². The van der Waals surface area contributed by atoms with Gasteiger partial charge in [0.05, 0.1) is 24.6 Å². The summed E-state index contributed by atoms with van der Waals surface area (Å²) in [6, 6.07) is 8.41. The van der Waals surface area contributed by atoms with Crippen molar-refractivity contribution in [2.45, 2.75) is 32.5 Å². The first-order chi connectivity index (χ1) is 12.5. The maximum Gasteiger partial charge on any atom is 0.240 e. The highest BCUT2D eigenvalue weighted by atomic mass is 16.2. The molecule has 6 heteroatoms. The first kappa shape index (κ1) is 18.6. The molecule has 0 saturated carbocycles. The normalized spacial score (nSPS) is 15.7. The van der Waals surface area contributed by atoms with Crippen molar-refractivity contribution < 1.29 is 4.79 Å². The van der Waals surface area contributed by atoms with Crippen LogP contribution in [0.3, 0.4) is 0 Å². The van der Waals surface area contributed by atoms with Gasteiger partial charge in [-0.15, -0.1) is 0 Å². The average Bonchev–Trinajstić information content (AvgIpc) is 3.16. The molecule has 1 N–H and O–H groups in total. The summed E-state index contributed by atoms with van der Waals surface area (Å²) in [6.07, 6.45) is 4.46. The molecule has 2 heterocycles. The largest absolute Gasteiger partial charge is 0.347 e. The second-order valence-electron chi connectivity index (χ2n) is 7.31. The molecule has 1 aliphatic heterocycles. The summed E-state index contributed by atoms with van der Waals surface area (Å²) in [5.74, 6) is 0.181. The first-order valence-electron chi connectivity index (χ1n) is 9.26. The Balaban J connectivity index is 1.68. The van der Waals surface area contributed by atoms with Crippen LogP contribution in [0.1, 0.15) is 23.7 Å². The second-order valence-corrected chi connectivity index (χ2v) is 7.31. The Kier molecular flexibility index (Phi) is 6.06. The molecule has 140 valence electrons. The van der Waals surface area contributed by atoms with E-state index in [1.165, 1.54) is 11.1 Å². The van der Waals surface area contributed by atoms with Crippen molar-refractivity contribution in [2.75, 3.05) is 33.7 Å². The minimum absolute atomic E-state index is 0.131.